The third kappa shape index (κ3) is 3.30. The lowest BCUT2D eigenvalue weighted by atomic mass is 9.99. The van der Waals surface area contributed by atoms with Crippen molar-refractivity contribution in [3.8, 4) is 0 Å². The third-order valence-electron chi connectivity index (χ3n) is 3.65. The summed E-state index contributed by atoms with van der Waals surface area (Å²) in [5.74, 6) is 0. The largest absolute Gasteiger partial charge is 0.315 e. The smallest absolute Gasteiger partial charge is 0.0239 e. The van der Waals surface area contributed by atoms with Crippen LogP contribution < -0.4 is 5.32 Å². The predicted molar refractivity (Wildman–Crippen MR) is 73.4 cm³/mol. The molecule has 94 valence electrons. The highest BCUT2D eigenvalue weighted by Crippen LogP contribution is 2.18. The van der Waals surface area contributed by atoms with Gasteiger partial charge in [-0.2, -0.15) is 0 Å². The van der Waals surface area contributed by atoms with Gasteiger partial charge in [0.25, 0.3) is 0 Å². The van der Waals surface area contributed by atoms with Crippen molar-refractivity contribution in [1.82, 2.24) is 10.2 Å². The summed E-state index contributed by atoms with van der Waals surface area (Å²) in [6, 6.07) is 4.61. The van der Waals surface area contributed by atoms with E-state index in [1.165, 1.54) is 48.3 Å². The molecular weight excluding hydrogens is 208 g/mol. The van der Waals surface area contributed by atoms with E-state index in [-0.39, 0.29) is 0 Å². The molecule has 1 heterocycles. The molecule has 1 N–H and O–H groups in total. The van der Waals surface area contributed by atoms with Gasteiger partial charge in [-0.15, -0.1) is 0 Å². The molecule has 0 bridgehead atoms. The maximum absolute atomic E-state index is 3.46. The molecule has 1 fully saturated rings. The molecule has 0 amide bonds. The predicted octanol–water partition coefficient (Wildman–Crippen LogP) is 2.41. The molecule has 1 aromatic carbocycles. The number of hydrogen-bond donors (Lipinski definition) is 1. The summed E-state index contributed by atoms with van der Waals surface area (Å²) in [5, 5.41) is 3.46. The first-order chi connectivity index (χ1) is 8.16. The van der Waals surface area contributed by atoms with E-state index in [4.69, 9.17) is 0 Å². The van der Waals surface area contributed by atoms with Gasteiger partial charge < -0.3 is 5.32 Å². The summed E-state index contributed by atoms with van der Waals surface area (Å²) >= 11 is 0. The van der Waals surface area contributed by atoms with Gasteiger partial charge in [-0.1, -0.05) is 17.7 Å². The van der Waals surface area contributed by atoms with Crippen LogP contribution in [0.15, 0.2) is 12.1 Å². The third-order valence-corrected chi connectivity index (χ3v) is 3.65. The SMILES string of the molecule is Cc1cc(C)c(CN2CCCNCC2)c(C)c1. The number of nitrogens with one attached hydrogen (secondary N) is 1. The Morgan fingerprint density at radius 3 is 2.47 bits per heavy atom. The van der Waals surface area contributed by atoms with E-state index in [2.05, 4.69) is 43.1 Å². The van der Waals surface area contributed by atoms with E-state index < -0.39 is 0 Å². The second-order valence-electron chi connectivity index (χ2n) is 5.26. The quantitative estimate of drug-likeness (QED) is 0.842. The van der Waals surface area contributed by atoms with E-state index in [0.717, 1.165) is 13.1 Å². The fourth-order valence-electron chi connectivity index (χ4n) is 2.74. The first kappa shape index (κ1) is 12.6. The second-order valence-corrected chi connectivity index (χ2v) is 5.26. The van der Waals surface area contributed by atoms with Crippen molar-refractivity contribution >= 4 is 0 Å². The molecule has 2 nitrogen and oxygen atoms in total. The standard InChI is InChI=1S/C15H24N2/c1-12-9-13(2)15(14(3)10-12)11-17-7-4-5-16-6-8-17/h9-10,16H,4-8,11H2,1-3H3. The Morgan fingerprint density at radius 1 is 1.06 bits per heavy atom. The highest BCUT2D eigenvalue weighted by Gasteiger charge is 2.12. The van der Waals surface area contributed by atoms with Crippen molar-refractivity contribution < 1.29 is 0 Å². The Hall–Kier alpha value is -0.860. The summed E-state index contributed by atoms with van der Waals surface area (Å²) in [6.07, 6.45) is 1.27. The first-order valence-electron chi connectivity index (χ1n) is 6.66. The van der Waals surface area contributed by atoms with Gasteiger partial charge in [0.2, 0.25) is 0 Å². The number of nitrogens with zero attached hydrogens (tertiary/aromatic N) is 1. The Morgan fingerprint density at radius 2 is 1.76 bits per heavy atom. The van der Waals surface area contributed by atoms with E-state index in [0.29, 0.717) is 0 Å². The van der Waals surface area contributed by atoms with Gasteiger partial charge in [0.1, 0.15) is 0 Å². The van der Waals surface area contributed by atoms with Gasteiger partial charge in [-0.3, -0.25) is 4.90 Å². The average Bonchev–Trinajstić information content (AvgIpc) is 2.51. The van der Waals surface area contributed by atoms with Crippen LogP contribution in [0, 0.1) is 20.8 Å². The van der Waals surface area contributed by atoms with Crippen LogP contribution >= 0.6 is 0 Å². The normalized spacial score (nSPS) is 18.1. The Kier molecular flexibility index (Phi) is 4.19. The molecule has 0 unspecified atom stereocenters. The molecular formula is C15H24N2. The molecule has 0 aromatic heterocycles. The fourth-order valence-corrected chi connectivity index (χ4v) is 2.74. The molecule has 0 saturated carbocycles. The summed E-state index contributed by atoms with van der Waals surface area (Å²) in [4.78, 5) is 2.57. The topological polar surface area (TPSA) is 15.3 Å². The average molecular weight is 232 g/mol. The van der Waals surface area contributed by atoms with Gasteiger partial charge in [0.05, 0.1) is 0 Å². The minimum Gasteiger partial charge on any atom is -0.315 e. The first-order valence-corrected chi connectivity index (χ1v) is 6.66. The van der Waals surface area contributed by atoms with Gasteiger partial charge in [-0.25, -0.2) is 0 Å². The van der Waals surface area contributed by atoms with Crippen LogP contribution in [0.5, 0.6) is 0 Å². The maximum Gasteiger partial charge on any atom is 0.0239 e. The van der Waals surface area contributed by atoms with Crippen molar-refractivity contribution in [2.75, 3.05) is 26.2 Å². The molecule has 2 rings (SSSR count). The van der Waals surface area contributed by atoms with Gasteiger partial charge in [0, 0.05) is 19.6 Å². The lowest BCUT2D eigenvalue weighted by Gasteiger charge is -2.22. The number of benzene rings is 1. The maximum atomic E-state index is 3.46. The van der Waals surface area contributed by atoms with Crippen molar-refractivity contribution in [3.63, 3.8) is 0 Å². The lowest BCUT2D eigenvalue weighted by molar-refractivity contribution is 0.283. The Labute approximate surface area is 105 Å². The van der Waals surface area contributed by atoms with Crippen LogP contribution in [0.3, 0.4) is 0 Å². The van der Waals surface area contributed by atoms with Crippen molar-refractivity contribution in [2.45, 2.75) is 33.7 Å². The van der Waals surface area contributed by atoms with E-state index in [9.17, 15) is 0 Å². The zero-order valence-electron chi connectivity index (χ0n) is 11.3. The number of aryl methyl sites for hydroxylation is 3. The van der Waals surface area contributed by atoms with Crippen molar-refractivity contribution in [1.29, 1.82) is 0 Å². The van der Waals surface area contributed by atoms with Crippen molar-refractivity contribution in [2.24, 2.45) is 0 Å². The van der Waals surface area contributed by atoms with E-state index in [1.807, 2.05) is 0 Å². The van der Waals surface area contributed by atoms with Crippen LogP contribution in [0.25, 0.3) is 0 Å². The molecule has 17 heavy (non-hydrogen) atoms. The van der Waals surface area contributed by atoms with Crippen LogP contribution in [0.4, 0.5) is 0 Å². The fraction of sp³-hybridized carbons (Fsp3) is 0.600. The van der Waals surface area contributed by atoms with Gasteiger partial charge in [-0.05, 0) is 57.0 Å². The Bertz CT molecular complexity index is 354. The molecule has 0 spiro atoms. The molecule has 2 heteroatoms. The van der Waals surface area contributed by atoms with Crippen LogP contribution in [-0.2, 0) is 6.54 Å². The molecule has 0 radical (unpaired) electrons. The van der Waals surface area contributed by atoms with Crippen LogP contribution in [0.1, 0.15) is 28.7 Å². The molecule has 0 aliphatic carbocycles. The highest BCUT2D eigenvalue weighted by atomic mass is 15.1. The molecule has 0 atom stereocenters. The second kappa shape index (κ2) is 5.65. The zero-order valence-corrected chi connectivity index (χ0v) is 11.3. The summed E-state index contributed by atoms with van der Waals surface area (Å²) in [5.41, 5.74) is 5.79. The minimum atomic E-state index is 1.11. The lowest BCUT2D eigenvalue weighted by Crippen LogP contribution is -2.28. The van der Waals surface area contributed by atoms with E-state index >= 15 is 0 Å². The van der Waals surface area contributed by atoms with Crippen molar-refractivity contribution in [3.05, 3.63) is 34.4 Å². The molecule has 1 aromatic rings. The van der Waals surface area contributed by atoms with Gasteiger partial charge >= 0.3 is 0 Å². The number of hydrogen-bond acceptors (Lipinski definition) is 2. The molecule has 1 aliphatic rings. The number of rotatable bonds is 2. The molecule has 1 saturated heterocycles. The monoisotopic (exact) mass is 232 g/mol. The van der Waals surface area contributed by atoms with Crippen LogP contribution in [-0.4, -0.2) is 31.1 Å². The summed E-state index contributed by atoms with van der Waals surface area (Å²) in [7, 11) is 0. The highest BCUT2D eigenvalue weighted by molar-refractivity contribution is 5.37. The van der Waals surface area contributed by atoms with Gasteiger partial charge in [0.15, 0.2) is 0 Å². The summed E-state index contributed by atoms with van der Waals surface area (Å²) < 4.78 is 0. The zero-order chi connectivity index (χ0) is 12.3. The molecule has 1 aliphatic heterocycles. The minimum absolute atomic E-state index is 1.11. The van der Waals surface area contributed by atoms with E-state index in [1.54, 1.807) is 0 Å². The van der Waals surface area contributed by atoms with Crippen LogP contribution in [0.2, 0.25) is 0 Å². The Balaban J connectivity index is 2.11. The summed E-state index contributed by atoms with van der Waals surface area (Å²) in [6.45, 7) is 12.5.